The zero-order valence-electron chi connectivity index (χ0n) is 11.0. The van der Waals surface area contributed by atoms with E-state index in [0.29, 0.717) is 12.4 Å². The second-order valence-corrected chi connectivity index (χ2v) is 4.30. The van der Waals surface area contributed by atoms with E-state index in [1.807, 2.05) is 36.4 Å². The first-order valence-electron chi connectivity index (χ1n) is 6.25. The Morgan fingerprint density at radius 3 is 2.33 bits per heavy atom. The van der Waals surface area contributed by atoms with Gasteiger partial charge in [-0.15, -0.1) is 0 Å². The molecule has 6 heteroatoms. The van der Waals surface area contributed by atoms with Crippen molar-refractivity contribution in [3.05, 3.63) is 54.2 Å². The second kappa shape index (κ2) is 6.27. The third kappa shape index (κ3) is 3.72. The predicted octanol–water partition coefficient (Wildman–Crippen LogP) is 4.15. The number of pyridine rings is 1. The fourth-order valence-electron chi connectivity index (χ4n) is 1.86. The lowest BCUT2D eigenvalue weighted by atomic mass is 10.2. The Balaban J connectivity index is 2.31. The van der Waals surface area contributed by atoms with Crippen LogP contribution in [0.2, 0.25) is 0 Å². The Hall–Kier alpha value is -2.55. The number of halogens is 3. The summed E-state index contributed by atoms with van der Waals surface area (Å²) in [5, 5.41) is 8.71. The molecule has 1 heterocycles. The van der Waals surface area contributed by atoms with Gasteiger partial charge in [0.15, 0.2) is 0 Å². The van der Waals surface area contributed by atoms with Gasteiger partial charge in [0.1, 0.15) is 5.82 Å². The maximum atomic E-state index is 12.5. The van der Waals surface area contributed by atoms with E-state index in [1.165, 1.54) is 6.07 Å². The molecule has 2 rings (SSSR count). The van der Waals surface area contributed by atoms with E-state index >= 15 is 0 Å². The Kier molecular flexibility index (Phi) is 4.43. The number of alkyl halides is 3. The first-order valence-corrected chi connectivity index (χ1v) is 6.25. The lowest BCUT2D eigenvalue weighted by molar-refractivity contribution is -0.137. The monoisotopic (exact) mass is 291 g/mol. The van der Waals surface area contributed by atoms with Crippen molar-refractivity contribution in [1.29, 1.82) is 5.26 Å². The summed E-state index contributed by atoms with van der Waals surface area (Å²) in [6.07, 6.45) is -3.36. The van der Waals surface area contributed by atoms with Crippen LogP contribution in [-0.4, -0.2) is 11.5 Å². The summed E-state index contributed by atoms with van der Waals surface area (Å²) in [6.45, 7) is 0.360. The smallest absolute Gasteiger partial charge is 0.325 e. The molecule has 0 aliphatic heterocycles. The van der Waals surface area contributed by atoms with E-state index < -0.39 is 11.7 Å². The highest BCUT2D eigenvalue weighted by atomic mass is 19.4. The van der Waals surface area contributed by atoms with Crippen molar-refractivity contribution in [3.8, 4) is 6.07 Å². The maximum absolute atomic E-state index is 12.5. The summed E-state index contributed by atoms with van der Waals surface area (Å²) in [7, 11) is 0. The van der Waals surface area contributed by atoms with Gasteiger partial charge in [-0.2, -0.15) is 18.4 Å². The molecule has 0 radical (unpaired) electrons. The van der Waals surface area contributed by atoms with E-state index in [0.717, 1.165) is 18.0 Å². The first kappa shape index (κ1) is 14.9. The summed E-state index contributed by atoms with van der Waals surface area (Å²) < 4.78 is 37.6. The van der Waals surface area contributed by atoms with Crippen molar-refractivity contribution in [3.63, 3.8) is 0 Å². The fraction of sp³-hybridized carbons (Fsp3) is 0.200. The molecule has 0 saturated heterocycles. The lowest BCUT2D eigenvalue weighted by Gasteiger charge is -2.23. The maximum Gasteiger partial charge on any atom is 0.417 e. The molecule has 21 heavy (non-hydrogen) atoms. The van der Waals surface area contributed by atoms with Gasteiger partial charge in [-0.05, 0) is 24.3 Å². The van der Waals surface area contributed by atoms with Gasteiger partial charge in [0, 0.05) is 18.4 Å². The van der Waals surface area contributed by atoms with Crippen LogP contribution in [0, 0.1) is 11.3 Å². The fourth-order valence-corrected chi connectivity index (χ4v) is 1.86. The van der Waals surface area contributed by atoms with Crippen molar-refractivity contribution >= 4 is 11.5 Å². The molecule has 0 bridgehead atoms. The lowest BCUT2D eigenvalue weighted by Crippen LogP contribution is -2.19. The van der Waals surface area contributed by atoms with Crippen LogP contribution < -0.4 is 4.90 Å². The average molecular weight is 291 g/mol. The molecule has 0 spiro atoms. The van der Waals surface area contributed by atoms with Gasteiger partial charge in [-0.3, -0.25) is 0 Å². The van der Waals surface area contributed by atoms with Crippen LogP contribution in [0.4, 0.5) is 24.7 Å². The van der Waals surface area contributed by atoms with Crippen LogP contribution in [0.15, 0.2) is 48.7 Å². The zero-order chi connectivity index (χ0) is 15.3. The van der Waals surface area contributed by atoms with E-state index in [-0.39, 0.29) is 6.42 Å². The zero-order valence-corrected chi connectivity index (χ0v) is 11.0. The third-order valence-corrected chi connectivity index (χ3v) is 2.87. The number of aromatic nitrogens is 1. The van der Waals surface area contributed by atoms with Gasteiger partial charge in [0.2, 0.25) is 0 Å². The number of para-hydroxylation sites is 1. The van der Waals surface area contributed by atoms with Crippen LogP contribution in [-0.2, 0) is 6.18 Å². The minimum atomic E-state index is -4.41. The summed E-state index contributed by atoms with van der Waals surface area (Å²) in [4.78, 5) is 5.58. The molecule has 0 amide bonds. The van der Waals surface area contributed by atoms with E-state index in [9.17, 15) is 13.2 Å². The largest absolute Gasteiger partial charge is 0.417 e. The number of benzene rings is 1. The van der Waals surface area contributed by atoms with Crippen LogP contribution in [0.5, 0.6) is 0 Å². The van der Waals surface area contributed by atoms with E-state index in [4.69, 9.17) is 5.26 Å². The van der Waals surface area contributed by atoms with Crippen molar-refractivity contribution in [1.82, 2.24) is 4.98 Å². The standard InChI is InChI=1S/C15H12F3N3/c16-15(17,18)12-7-8-14(20-11-12)21(10-4-9-19)13-5-2-1-3-6-13/h1-3,5-8,11H,4,10H2. The van der Waals surface area contributed by atoms with E-state index in [2.05, 4.69) is 4.98 Å². The molecule has 1 aromatic carbocycles. The number of anilines is 2. The number of nitrogens with zero attached hydrogens (tertiary/aromatic N) is 3. The minimum Gasteiger partial charge on any atom is -0.325 e. The average Bonchev–Trinajstić information content (AvgIpc) is 2.48. The van der Waals surface area contributed by atoms with Crippen molar-refractivity contribution < 1.29 is 13.2 Å². The topological polar surface area (TPSA) is 39.9 Å². The molecule has 3 nitrogen and oxygen atoms in total. The van der Waals surface area contributed by atoms with Crippen LogP contribution in [0.1, 0.15) is 12.0 Å². The molecule has 0 fully saturated rings. The predicted molar refractivity (Wildman–Crippen MR) is 72.9 cm³/mol. The SMILES string of the molecule is N#CCCN(c1ccccc1)c1ccc(C(F)(F)F)cn1. The minimum absolute atomic E-state index is 0.248. The van der Waals surface area contributed by atoms with Crippen molar-refractivity contribution in [2.45, 2.75) is 12.6 Å². The Bertz CT molecular complexity index is 615. The molecule has 0 N–H and O–H groups in total. The molecular formula is C15H12F3N3. The van der Waals surface area contributed by atoms with Crippen LogP contribution in [0.3, 0.4) is 0 Å². The highest BCUT2D eigenvalue weighted by molar-refractivity contribution is 5.59. The van der Waals surface area contributed by atoms with Crippen molar-refractivity contribution in [2.75, 3.05) is 11.4 Å². The Morgan fingerprint density at radius 2 is 1.81 bits per heavy atom. The van der Waals surface area contributed by atoms with Crippen molar-refractivity contribution in [2.24, 2.45) is 0 Å². The first-order chi connectivity index (χ1) is 10.0. The summed E-state index contributed by atoms with van der Waals surface area (Å²) in [5.41, 5.74) is -0.0143. The molecule has 0 aliphatic carbocycles. The van der Waals surface area contributed by atoms with Gasteiger partial charge in [-0.1, -0.05) is 18.2 Å². The molecule has 0 unspecified atom stereocenters. The Labute approximate surface area is 120 Å². The van der Waals surface area contributed by atoms with Gasteiger partial charge >= 0.3 is 6.18 Å². The highest BCUT2D eigenvalue weighted by Gasteiger charge is 2.30. The molecule has 2 aromatic rings. The highest BCUT2D eigenvalue weighted by Crippen LogP contribution is 2.30. The Morgan fingerprint density at radius 1 is 1.10 bits per heavy atom. The molecular weight excluding hydrogens is 279 g/mol. The number of rotatable bonds is 4. The quantitative estimate of drug-likeness (QED) is 0.849. The molecule has 0 aliphatic rings. The molecule has 1 aromatic heterocycles. The molecule has 0 saturated carbocycles. The summed E-state index contributed by atoms with van der Waals surface area (Å²) in [6, 6.07) is 13.4. The van der Waals surface area contributed by atoms with Gasteiger partial charge in [0.25, 0.3) is 0 Å². The number of hydrogen-bond donors (Lipinski definition) is 0. The van der Waals surface area contributed by atoms with Gasteiger partial charge in [0.05, 0.1) is 18.1 Å². The second-order valence-electron chi connectivity index (χ2n) is 4.30. The summed E-state index contributed by atoms with van der Waals surface area (Å²) in [5.74, 6) is 0.379. The molecule has 0 atom stereocenters. The van der Waals surface area contributed by atoms with Crippen LogP contribution >= 0.6 is 0 Å². The number of hydrogen-bond acceptors (Lipinski definition) is 3. The summed E-state index contributed by atoms with van der Waals surface area (Å²) >= 11 is 0. The normalized spacial score (nSPS) is 11.0. The van der Waals surface area contributed by atoms with Crippen LogP contribution in [0.25, 0.3) is 0 Å². The number of nitriles is 1. The van der Waals surface area contributed by atoms with E-state index in [1.54, 1.807) is 4.90 Å². The molecule has 108 valence electrons. The van der Waals surface area contributed by atoms with Gasteiger partial charge in [-0.25, -0.2) is 4.98 Å². The van der Waals surface area contributed by atoms with Gasteiger partial charge < -0.3 is 4.90 Å². The third-order valence-electron chi connectivity index (χ3n) is 2.87.